The summed E-state index contributed by atoms with van der Waals surface area (Å²) in [5, 5.41) is 11.2. The zero-order chi connectivity index (χ0) is 19.3. The van der Waals surface area contributed by atoms with Crippen LogP contribution in [0.3, 0.4) is 0 Å². The maximum atomic E-state index is 6.24. The largest absolute Gasteiger partial charge is 0.274 e. The van der Waals surface area contributed by atoms with Crippen molar-refractivity contribution in [2.45, 2.75) is 17.3 Å². The van der Waals surface area contributed by atoms with Crippen LogP contribution in [0.15, 0.2) is 84.0 Å². The summed E-state index contributed by atoms with van der Waals surface area (Å²) in [6.45, 7) is 0. The van der Waals surface area contributed by atoms with Crippen molar-refractivity contribution < 1.29 is 0 Å². The van der Waals surface area contributed by atoms with Crippen LogP contribution < -0.4 is 0 Å². The average molecular weight is 426 g/mol. The average Bonchev–Trinajstić information content (AvgIpc) is 3.11. The summed E-state index contributed by atoms with van der Waals surface area (Å²) in [6, 6.07) is 25.9. The molecule has 0 N–H and O–H groups in total. The molecule has 1 aromatic heterocycles. The smallest absolute Gasteiger partial charge is 0.196 e. The molecule has 4 aromatic rings. The summed E-state index contributed by atoms with van der Waals surface area (Å²) in [7, 11) is 0. The van der Waals surface area contributed by atoms with Crippen molar-refractivity contribution in [1.29, 1.82) is 0 Å². The Labute approximate surface area is 178 Å². The molecule has 3 aromatic carbocycles. The van der Waals surface area contributed by atoms with Gasteiger partial charge in [0.1, 0.15) is 5.82 Å². The Morgan fingerprint density at radius 3 is 2.29 bits per heavy atom. The molecule has 0 aliphatic rings. The van der Waals surface area contributed by atoms with E-state index in [1.165, 1.54) is 11.1 Å². The Morgan fingerprint density at radius 2 is 1.54 bits per heavy atom. The quantitative estimate of drug-likeness (QED) is 0.332. The summed E-state index contributed by atoms with van der Waals surface area (Å²) in [4.78, 5) is 0. The van der Waals surface area contributed by atoms with Crippen LogP contribution in [0.1, 0.15) is 17.0 Å². The molecule has 0 amide bonds. The second kappa shape index (κ2) is 8.82. The monoisotopic (exact) mass is 425 g/mol. The third-order valence-electron chi connectivity index (χ3n) is 4.25. The lowest BCUT2D eigenvalue weighted by Gasteiger charge is -2.11. The second-order valence-electron chi connectivity index (χ2n) is 6.29. The lowest BCUT2D eigenvalue weighted by Crippen LogP contribution is -2.04. The minimum Gasteiger partial charge on any atom is -0.274 e. The minimum atomic E-state index is 0.686. The zero-order valence-corrected chi connectivity index (χ0v) is 17.3. The van der Waals surface area contributed by atoms with Crippen LogP contribution in [0.25, 0.3) is 5.69 Å². The molecule has 3 nitrogen and oxygen atoms in total. The molecule has 4 rings (SSSR count). The Bertz CT molecular complexity index is 1060. The van der Waals surface area contributed by atoms with E-state index in [4.69, 9.17) is 23.2 Å². The fourth-order valence-electron chi connectivity index (χ4n) is 2.89. The molecule has 140 valence electrons. The van der Waals surface area contributed by atoms with E-state index in [1.54, 1.807) is 11.8 Å². The van der Waals surface area contributed by atoms with Crippen molar-refractivity contribution in [3.63, 3.8) is 0 Å². The van der Waals surface area contributed by atoms with Crippen LogP contribution in [0.4, 0.5) is 0 Å². The predicted molar refractivity (Wildman–Crippen MR) is 117 cm³/mol. The first-order valence-corrected chi connectivity index (χ1v) is 10.5. The number of benzene rings is 3. The number of rotatable bonds is 6. The van der Waals surface area contributed by atoms with Gasteiger partial charge in [-0.25, -0.2) is 0 Å². The maximum Gasteiger partial charge on any atom is 0.196 e. The van der Waals surface area contributed by atoms with E-state index in [1.807, 2.05) is 66.7 Å². The van der Waals surface area contributed by atoms with Gasteiger partial charge in [-0.3, -0.25) is 4.57 Å². The summed E-state index contributed by atoms with van der Waals surface area (Å²) in [5.41, 5.74) is 3.33. The molecule has 0 radical (unpaired) electrons. The van der Waals surface area contributed by atoms with Crippen molar-refractivity contribution >= 4 is 35.0 Å². The number of nitrogens with zero attached hydrogens (tertiary/aromatic N) is 3. The van der Waals surface area contributed by atoms with E-state index in [2.05, 4.69) is 26.9 Å². The van der Waals surface area contributed by atoms with Gasteiger partial charge in [0, 0.05) is 22.2 Å². The molecule has 0 spiro atoms. The molecule has 0 fully saturated rings. The molecule has 28 heavy (non-hydrogen) atoms. The first-order valence-electron chi connectivity index (χ1n) is 8.80. The van der Waals surface area contributed by atoms with E-state index >= 15 is 0 Å². The third kappa shape index (κ3) is 4.58. The van der Waals surface area contributed by atoms with Gasteiger partial charge in [0.25, 0.3) is 0 Å². The molecule has 1 heterocycles. The van der Waals surface area contributed by atoms with Crippen molar-refractivity contribution in [3.05, 3.63) is 106 Å². The summed E-state index contributed by atoms with van der Waals surface area (Å²) in [5.74, 6) is 1.66. The Morgan fingerprint density at radius 1 is 0.750 bits per heavy atom. The molecule has 0 bridgehead atoms. The van der Waals surface area contributed by atoms with Crippen LogP contribution in [0.5, 0.6) is 0 Å². The number of hydrogen-bond donors (Lipinski definition) is 0. The van der Waals surface area contributed by atoms with Crippen LogP contribution in [0, 0.1) is 0 Å². The highest BCUT2D eigenvalue weighted by Crippen LogP contribution is 2.27. The van der Waals surface area contributed by atoms with Gasteiger partial charge in [0.15, 0.2) is 5.16 Å². The molecule has 6 heteroatoms. The SMILES string of the molecule is Clc1ccc(CSc2nnc(Cc3ccccc3)n2-c2cccc(Cl)c2)cc1. The minimum absolute atomic E-state index is 0.686. The Hall–Kier alpha value is -2.27. The van der Waals surface area contributed by atoms with Gasteiger partial charge in [-0.15, -0.1) is 10.2 Å². The number of hydrogen-bond acceptors (Lipinski definition) is 3. The van der Waals surface area contributed by atoms with Gasteiger partial charge >= 0.3 is 0 Å². The Balaban J connectivity index is 1.66. The fourth-order valence-corrected chi connectivity index (χ4v) is 4.13. The first-order chi connectivity index (χ1) is 13.7. The van der Waals surface area contributed by atoms with Crippen molar-refractivity contribution in [2.75, 3.05) is 0 Å². The third-order valence-corrected chi connectivity index (χ3v) is 5.74. The van der Waals surface area contributed by atoms with Gasteiger partial charge in [-0.05, 0) is 41.5 Å². The second-order valence-corrected chi connectivity index (χ2v) is 8.11. The normalized spacial score (nSPS) is 10.9. The lowest BCUT2D eigenvalue weighted by atomic mass is 10.1. The van der Waals surface area contributed by atoms with Crippen LogP contribution >= 0.6 is 35.0 Å². The van der Waals surface area contributed by atoms with Crippen molar-refractivity contribution in [3.8, 4) is 5.69 Å². The zero-order valence-electron chi connectivity index (χ0n) is 14.9. The molecule has 0 unspecified atom stereocenters. The topological polar surface area (TPSA) is 30.7 Å². The maximum absolute atomic E-state index is 6.24. The molecule has 0 aliphatic heterocycles. The molecule has 0 aliphatic carbocycles. The van der Waals surface area contributed by atoms with Crippen molar-refractivity contribution in [2.24, 2.45) is 0 Å². The highest BCUT2D eigenvalue weighted by Gasteiger charge is 2.15. The molecular weight excluding hydrogens is 409 g/mol. The van der Waals surface area contributed by atoms with Gasteiger partial charge in [-0.1, -0.05) is 83.5 Å². The van der Waals surface area contributed by atoms with Gasteiger partial charge in [0.05, 0.1) is 5.69 Å². The number of aromatic nitrogens is 3. The standard InChI is InChI=1S/C22H17Cl2N3S/c23-18-11-9-17(10-12-18)15-28-22-26-25-21(13-16-5-2-1-3-6-16)27(22)20-8-4-7-19(24)14-20/h1-12,14H,13,15H2. The number of thioether (sulfide) groups is 1. The predicted octanol–water partition coefficient (Wildman–Crippen LogP) is 6.46. The molecule has 0 saturated carbocycles. The van der Waals surface area contributed by atoms with Crippen LogP contribution in [-0.2, 0) is 12.2 Å². The van der Waals surface area contributed by atoms with Gasteiger partial charge in [0.2, 0.25) is 0 Å². The van der Waals surface area contributed by atoms with E-state index in [0.29, 0.717) is 11.4 Å². The summed E-state index contributed by atoms with van der Waals surface area (Å²) >= 11 is 13.9. The van der Waals surface area contributed by atoms with E-state index in [9.17, 15) is 0 Å². The van der Waals surface area contributed by atoms with Crippen molar-refractivity contribution in [1.82, 2.24) is 14.8 Å². The molecular formula is C22H17Cl2N3S. The first kappa shape index (κ1) is 19.1. The van der Waals surface area contributed by atoms with E-state index < -0.39 is 0 Å². The van der Waals surface area contributed by atoms with Crippen LogP contribution in [0.2, 0.25) is 10.0 Å². The molecule has 0 atom stereocenters. The summed E-state index contributed by atoms with van der Waals surface area (Å²) < 4.78 is 2.08. The highest BCUT2D eigenvalue weighted by molar-refractivity contribution is 7.98. The Kier molecular flexibility index (Phi) is 6.01. The highest BCUT2D eigenvalue weighted by atomic mass is 35.5. The summed E-state index contributed by atoms with van der Waals surface area (Å²) in [6.07, 6.45) is 0.696. The number of halogens is 2. The fraction of sp³-hybridized carbons (Fsp3) is 0.0909. The lowest BCUT2D eigenvalue weighted by molar-refractivity contribution is 0.848. The van der Waals surface area contributed by atoms with Gasteiger partial charge < -0.3 is 0 Å². The van der Waals surface area contributed by atoms with E-state index in [-0.39, 0.29) is 0 Å². The van der Waals surface area contributed by atoms with Gasteiger partial charge in [-0.2, -0.15) is 0 Å². The van der Waals surface area contributed by atoms with E-state index in [0.717, 1.165) is 27.4 Å². The molecule has 0 saturated heterocycles. The van der Waals surface area contributed by atoms with Crippen LogP contribution in [-0.4, -0.2) is 14.8 Å².